The number of anilines is 2. The van der Waals surface area contributed by atoms with Crippen LogP contribution >= 0.6 is 11.6 Å². The van der Waals surface area contributed by atoms with Crippen molar-refractivity contribution in [2.75, 3.05) is 29.9 Å². The molecule has 7 nitrogen and oxygen atoms in total. The Morgan fingerprint density at radius 3 is 2.65 bits per heavy atom. The van der Waals surface area contributed by atoms with Crippen LogP contribution in [0.15, 0.2) is 42.7 Å². The van der Waals surface area contributed by atoms with Crippen molar-refractivity contribution in [1.29, 1.82) is 0 Å². The molecule has 2 aromatic rings. The normalized spacial score (nSPS) is 16.8. The number of hydrogen-bond donors (Lipinski definition) is 2. The molecule has 0 spiro atoms. The number of hydrogen-bond acceptors (Lipinski definition) is 5. The lowest BCUT2D eigenvalue weighted by Crippen LogP contribution is -2.45. The van der Waals surface area contributed by atoms with Crippen LogP contribution in [-0.4, -0.2) is 41.4 Å². The van der Waals surface area contributed by atoms with Crippen molar-refractivity contribution in [1.82, 2.24) is 15.3 Å². The molecule has 26 heavy (non-hydrogen) atoms. The number of rotatable bonds is 5. The van der Waals surface area contributed by atoms with Gasteiger partial charge < -0.3 is 15.5 Å². The summed E-state index contributed by atoms with van der Waals surface area (Å²) in [5.41, 5.74) is 0.638. The fourth-order valence-corrected chi connectivity index (χ4v) is 3.00. The molecule has 1 fully saturated rings. The molecule has 1 aromatic heterocycles. The molecular weight excluding hydrogens is 354 g/mol. The molecule has 8 heteroatoms. The summed E-state index contributed by atoms with van der Waals surface area (Å²) in [6.07, 6.45) is 5.04. The predicted octanol–water partition coefficient (Wildman–Crippen LogP) is 2.10. The molecule has 1 atom stereocenters. The van der Waals surface area contributed by atoms with Gasteiger partial charge in [-0.05, 0) is 43.2 Å². The molecule has 2 amide bonds. The molecule has 2 N–H and O–H groups in total. The van der Waals surface area contributed by atoms with Gasteiger partial charge in [0.25, 0.3) is 0 Å². The van der Waals surface area contributed by atoms with Gasteiger partial charge in [0.15, 0.2) is 0 Å². The second kappa shape index (κ2) is 8.62. The van der Waals surface area contributed by atoms with Crippen molar-refractivity contribution in [2.24, 2.45) is 5.92 Å². The number of amides is 2. The summed E-state index contributed by atoms with van der Waals surface area (Å²) in [7, 11) is 0. The van der Waals surface area contributed by atoms with Crippen LogP contribution in [-0.2, 0) is 9.59 Å². The lowest BCUT2D eigenvalue weighted by Gasteiger charge is -2.31. The molecule has 1 unspecified atom stereocenters. The Hall–Kier alpha value is -2.67. The highest BCUT2D eigenvalue weighted by Gasteiger charge is 2.27. The highest BCUT2D eigenvalue weighted by molar-refractivity contribution is 6.30. The Balaban J connectivity index is 1.48. The van der Waals surface area contributed by atoms with Gasteiger partial charge in [0.1, 0.15) is 0 Å². The first-order valence-electron chi connectivity index (χ1n) is 8.47. The van der Waals surface area contributed by atoms with Crippen molar-refractivity contribution in [3.63, 3.8) is 0 Å². The monoisotopic (exact) mass is 373 g/mol. The maximum absolute atomic E-state index is 12.4. The van der Waals surface area contributed by atoms with Crippen LogP contribution in [0.25, 0.3) is 0 Å². The van der Waals surface area contributed by atoms with Crippen LogP contribution in [0, 0.1) is 5.92 Å². The standard InChI is InChI=1S/C18H20ClN5O2/c19-14-4-6-15(7-5-14)23-16(25)11-22-17(26)13-3-1-10-24(12-13)18-20-8-2-9-21-18/h2,4-9,13H,1,3,10-12H2,(H,22,26)(H,23,25). The number of aromatic nitrogens is 2. The minimum atomic E-state index is -0.278. The molecule has 1 aromatic carbocycles. The quantitative estimate of drug-likeness (QED) is 0.838. The molecule has 1 saturated heterocycles. The Kier molecular flexibility index (Phi) is 6.01. The van der Waals surface area contributed by atoms with Crippen LogP contribution in [0.5, 0.6) is 0 Å². The van der Waals surface area contributed by atoms with E-state index in [0.29, 0.717) is 23.2 Å². The number of nitrogens with one attached hydrogen (secondary N) is 2. The van der Waals surface area contributed by atoms with E-state index in [1.165, 1.54) is 0 Å². The number of carbonyl (C=O) groups excluding carboxylic acids is 2. The predicted molar refractivity (Wildman–Crippen MR) is 100 cm³/mol. The summed E-state index contributed by atoms with van der Waals surface area (Å²) in [5, 5.41) is 6.03. The number of benzene rings is 1. The van der Waals surface area contributed by atoms with Crippen molar-refractivity contribution < 1.29 is 9.59 Å². The van der Waals surface area contributed by atoms with Gasteiger partial charge >= 0.3 is 0 Å². The average Bonchev–Trinajstić information content (AvgIpc) is 2.69. The summed E-state index contributed by atoms with van der Waals surface area (Å²) >= 11 is 5.81. The zero-order valence-corrected chi connectivity index (χ0v) is 14.9. The molecule has 0 aliphatic carbocycles. The molecule has 136 valence electrons. The first-order chi connectivity index (χ1) is 12.6. The van der Waals surface area contributed by atoms with Crippen LogP contribution in [0.2, 0.25) is 5.02 Å². The molecule has 0 bridgehead atoms. The van der Waals surface area contributed by atoms with E-state index in [9.17, 15) is 9.59 Å². The van der Waals surface area contributed by atoms with E-state index in [-0.39, 0.29) is 24.3 Å². The van der Waals surface area contributed by atoms with Crippen LogP contribution in [0.1, 0.15) is 12.8 Å². The van der Waals surface area contributed by atoms with E-state index in [1.54, 1.807) is 42.7 Å². The third-order valence-electron chi connectivity index (χ3n) is 4.18. The van der Waals surface area contributed by atoms with E-state index in [1.807, 2.05) is 4.90 Å². The third kappa shape index (κ3) is 4.92. The van der Waals surface area contributed by atoms with Crippen molar-refractivity contribution >= 4 is 35.1 Å². The Morgan fingerprint density at radius 1 is 1.19 bits per heavy atom. The largest absolute Gasteiger partial charge is 0.347 e. The van der Waals surface area contributed by atoms with E-state index in [2.05, 4.69) is 20.6 Å². The zero-order chi connectivity index (χ0) is 18.4. The minimum absolute atomic E-state index is 0.0696. The van der Waals surface area contributed by atoms with Gasteiger partial charge in [-0.25, -0.2) is 9.97 Å². The van der Waals surface area contributed by atoms with Gasteiger partial charge in [0.05, 0.1) is 12.5 Å². The van der Waals surface area contributed by atoms with E-state index in [4.69, 9.17) is 11.6 Å². The number of carbonyl (C=O) groups is 2. The minimum Gasteiger partial charge on any atom is -0.347 e. The van der Waals surface area contributed by atoms with Gasteiger partial charge in [0, 0.05) is 36.2 Å². The number of halogens is 1. The van der Waals surface area contributed by atoms with Gasteiger partial charge in [-0.2, -0.15) is 0 Å². The Morgan fingerprint density at radius 2 is 1.92 bits per heavy atom. The molecular formula is C18H20ClN5O2. The van der Waals surface area contributed by atoms with Crippen LogP contribution < -0.4 is 15.5 Å². The molecule has 1 aliphatic rings. The fourth-order valence-electron chi connectivity index (χ4n) is 2.88. The smallest absolute Gasteiger partial charge is 0.243 e. The van der Waals surface area contributed by atoms with Crippen LogP contribution in [0.4, 0.5) is 11.6 Å². The average molecular weight is 374 g/mol. The van der Waals surface area contributed by atoms with Crippen LogP contribution in [0.3, 0.4) is 0 Å². The maximum atomic E-state index is 12.4. The summed E-state index contributed by atoms with van der Waals surface area (Å²) in [6, 6.07) is 8.56. The summed E-state index contributed by atoms with van der Waals surface area (Å²) in [5.74, 6) is 0.0398. The molecule has 3 rings (SSSR count). The SMILES string of the molecule is O=C(CNC(=O)C1CCCN(c2ncccn2)C1)Nc1ccc(Cl)cc1. The van der Waals surface area contributed by atoms with Crippen molar-refractivity contribution in [2.45, 2.75) is 12.8 Å². The first-order valence-corrected chi connectivity index (χ1v) is 8.85. The summed E-state index contributed by atoms with van der Waals surface area (Å²) in [6.45, 7) is 1.30. The number of nitrogens with zero attached hydrogens (tertiary/aromatic N) is 3. The maximum Gasteiger partial charge on any atom is 0.243 e. The lowest BCUT2D eigenvalue weighted by molar-refractivity contribution is -0.127. The second-order valence-corrected chi connectivity index (χ2v) is 6.54. The molecule has 0 saturated carbocycles. The zero-order valence-electron chi connectivity index (χ0n) is 14.2. The third-order valence-corrected chi connectivity index (χ3v) is 4.43. The van der Waals surface area contributed by atoms with Crippen molar-refractivity contribution in [3.8, 4) is 0 Å². The van der Waals surface area contributed by atoms with Crippen molar-refractivity contribution in [3.05, 3.63) is 47.7 Å². The van der Waals surface area contributed by atoms with Gasteiger partial charge in [0.2, 0.25) is 17.8 Å². The van der Waals surface area contributed by atoms with Gasteiger partial charge in [-0.1, -0.05) is 11.6 Å². The Bertz CT molecular complexity index is 754. The molecule has 0 radical (unpaired) electrons. The second-order valence-electron chi connectivity index (χ2n) is 6.11. The summed E-state index contributed by atoms with van der Waals surface area (Å²) < 4.78 is 0. The highest BCUT2D eigenvalue weighted by Crippen LogP contribution is 2.20. The topological polar surface area (TPSA) is 87.2 Å². The van der Waals surface area contributed by atoms with Gasteiger partial charge in [-0.3, -0.25) is 9.59 Å². The molecule has 1 aliphatic heterocycles. The first kappa shape index (κ1) is 18.1. The highest BCUT2D eigenvalue weighted by atomic mass is 35.5. The molecule has 2 heterocycles. The number of piperidine rings is 1. The van der Waals surface area contributed by atoms with E-state index < -0.39 is 0 Å². The summed E-state index contributed by atoms with van der Waals surface area (Å²) in [4.78, 5) is 34.8. The lowest BCUT2D eigenvalue weighted by atomic mass is 9.97. The van der Waals surface area contributed by atoms with E-state index >= 15 is 0 Å². The fraction of sp³-hybridized carbons (Fsp3) is 0.333. The Labute approximate surface area is 156 Å². The van der Waals surface area contributed by atoms with E-state index in [0.717, 1.165) is 19.4 Å². The van der Waals surface area contributed by atoms with Gasteiger partial charge in [-0.15, -0.1) is 0 Å².